The lowest BCUT2D eigenvalue weighted by molar-refractivity contribution is 0.0997. The van der Waals surface area contributed by atoms with Crippen molar-refractivity contribution in [3.63, 3.8) is 0 Å². The number of rotatable bonds is 7. The topological polar surface area (TPSA) is 79.6 Å². The van der Waals surface area contributed by atoms with Crippen molar-refractivity contribution in [1.82, 2.24) is 4.31 Å². The van der Waals surface area contributed by atoms with Gasteiger partial charge in [0.05, 0.1) is 9.92 Å². The lowest BCUT2D eigenvalue weighted by Crippen LogP contribution is -2.30. The first kappa shape index (κ1) is 22.1. The van der Waals surface area contributed by atoms with Crippen LogP contribution in [0.4, 0.5) is 5.69 Å². The van der Waals surface area contributed by atoms with Gasteiger partial charge in [0.2, 0.25) is 10.0 Å². The van der Waals surface area contributed by atoms with E-state index in [0.717, 1.165) is 5.56 Å². The van der Waals surface area contributed by atoms with Crippen LogP contribution >= 0.6 is 11.6 Å². The molecule has 0 fully saturated rings. The van der Waals surface area contributed by atoms with Crippen LogP contribution in [-0.2, 0) is 10.0 Å². The summed E-state index contributed by atoms with van der Waals surface area (Å²) in [5, 5.41) is 3.26. The molecule has 0 bridgehead atoms. The van der Waals surface area contributed by atoms with E-state index in [2.05, 4.69) is 5.32 Å². The van der Waals surface area contributed by atoms with Gasteiger partial charge in [-0.25, -0.2) is 8.42 Å². The van der Waals surface area contributed by atoms with Crippen molar-refractivity contribution >= 4 is 33.2 Å². The van der Waals surface area contributed by atoms with E-state index in [1.54, 1.807) is 57.2 Å². The third kappa shape index (κ3) is 4.43. The maximum absolute atomic E-state index is 12.8. The van der Waals surface area contributed by atoms with Gasteiger partial charge >= 0.3 is 0 Å². The number of anilines is 1. The van der Waals surface area contributed by atoms with E-state index in [-0.39, 0.29) is 10.7 Å². The molecule has 0 atom stereocenters. The van der Waals surface area contributed by atoms with Crippen LogP contribution in [0.2, 0.25) is 5.02 Å². The maximum atomic E-state index is 12.8. The van der Waals surface area contributed by atoms with Crippen molar-refractivity contribution in [3.8, 4) is 11.3 Å². The molecule has 30 heavy (non-hydrogen) atoms. The second kappa shape index (κ2) is 9.04. The Bertz CT molecular complexity index is 1170. The number of hydrogen-bond donors (Lipinski definition) is 1. The summed E-state index contributed by atoms with van der Waals surface area (Å²) in [6.07, 6.45) is 0. The largest absolute Gasteiger partial charge is 0.451 e. The van der Waals surface area contributed by atoms with Gasteiger partial charge in [0, 0.05) is 24.3 Å². The molecule has 0 saturated heterocycles. The number of amides is 1. The summed E-state index contributed by atoms with van der Waals surface area (Å²) in [7, 11) is -3.63. The Morgan fingerprint density at radius 2 is 1.77 bits per heavy atom. The summed E-state index contributed by atoms with van der Waals surface area (Å²) < 4.78 is 32.6. The number of nitrogens with one attached hydrogen (secondary N) is 1. The van der Waals surface area contributed by atoms with Crippen molar-refractivity contribution < 1.29 is 17.6 Å². The molecule has 0 radical (unpaired) electrons. The first-order chi connectivity index (χ1) is 14.3. The van der Waals surface area contributed by atoms with Gasteiger partial charge in [-0.3, -0.25) is 4.79 Å². The summed E-state index contributed by atoms with van der Waals surface area (Å²) >= 11 is 6.19. The fourth-order valence-corrected chi connectivity index (χ4v) is 4.77. The second-order valence-corrected chi connectivity index (χ2v) is 9.01. The van der Waals surface area contributed by atoms with Crippen LogP contribution in [0.25, 0.3) is 11.3 Å². The minimum Gasteiger partial charge on any atom is -0.451 e. The number of aryl methyl sites for hydroxylation is 1. The van der Waals surface area contributed by atoms with Gasteiger partial charge in [-0.2, -0.15) is 4.31 Å². The molecule has 0 aliphatic rings. The standard InChI is InChI=1S/C22H23ClN2O4S/c1-4-25(5-2)30(27,28)16-11-10-15(3)19(14-16)24-22(26)21-13-12-20(29-21)17-8-6-7-9-18(17)23/h6-14H,4-5H2,1-3H3,(H,24,26). The average Bonchev–Trinajstić information content (AvgIpc) is 3.20. The van der Waals surface area contributed by atoms with Gasteiger partial charge in [-0.15, -0.1) is 0 Å². The van der Waals surface area contributed by atoms with E-state index in [0.29, 0.717) is 35.1 Å². The monoisotopic (exact) mass is 446 g/mol. The molecule has 1 amide bonds. The lowest BCUT2D eigenvalue weighted by Gasteiger charge is -2.19. The molecule has 3 rings (SSSR count). The first-order valence-corrected chi connectivity index (χ1v) is 11.4. The molecule has 158 valence electrons. The zero-order valence-electron chi connectivity index (χ0n) is 17.0. The zero-order valence-corrected chi connectivity index (χ0v) is 18.5. The molecule has 0 aliphatic heterocycles. The molecule has 1 heterocycles. The number of benzene rings is 2. The van der Waals surface area contributed by atoms with Crippen LogP contribution in [0, 0.1) is 6.92 Å². The fourth-order valence-electron chi connectivity index (χ4n) is 3.06. The van der Waals surface area contributed by atoms with Crippen LogP contribution in [0.3, 0.4) is 0 Å². The van der Waals surface area contributed by atoms with Gasteiger partial charge in [0.1, 0.15) is 5.76 Å². The minimum absolute atomic E-state index is 0.0984. The van der Waals surface area contributed by atoms with Crippen molar-refractivity contribution in [2.75, 3.05) is 18.4 Å². The number of sulfonamides is 1. The third-order valence-corrected chi connectivity index (χ3v) is 7.15. The van der Waals surface area contributed by atoms with E-state index < -0.39 is 15.9 Å². The van der Waals surface area contributed by atoms with Crippen molar-refractivity contribution in [2.45, 2.75) is 25.7 Å². The lowest BCUT2D eigenvalue weighted by atomic mass is 10.2. The predicted octanol–water partition coefficient (Wildman–Crippen LogP) is 5.19. The SMILES string of the molecule is CCN(CC)S(=O)(=O)c1ccc(C)c(NC(=O)c2ccc(-c3ccccc3Cl)o2)c1. The molecule has 8 heteroatoms. The molecular weight excluding hydrogens is 424 g/mol. The number of carbonyl (C=O) groups excluding carboxylic acids is 1. The zero-order chi connectivity index (χ0) is 21.9. The van der Waals surface area contributed by atoms with Crippen LogP contribution < -0.4 is 5.32 Å². The summed E-state index contributed by atoms with van der Waals surface area (Å²) in [5.41, 5.74) is 1.82. The molecule has 0 spiro atoms. The molecule has 0 unspecified atom stereocenters. The first-order valence-electron chi connectivity index (χ1n) is 9.54. The van der Waals surface area contributed by atoms with Gasteiger partial charge in [-0.1, -0.05) is 43.6 Å². The minimum atomic E-state index is -3.63. The molecule has 1 N–H and O–H groups in total. The van der Waals surface area contributed by atoms with Crippen molar-refractivity contribution in [3.05, 3.63) is 70.9 Å². The number of nitrogens with zero attached hydrogens (tertiary/aromatic N) is 1. The highest BCUT2D eigenvalue weighted by atomic mass is 35.5. The van der Waals surface area contributed by atoms with Crippen LogP contribution in [0.1, 0.15) is 30.0 Å². The molecular formula is C22H23ClN2O4S. The summed E-state index contributed by atoms with van der Waals surface area (Å²) in [6, 6.07) is 15.1. The Hall–Kier alpha value is -2.61. The summed E-state index contributed by atoms with van der Waals surface area (Å²) in [6.45, 7) is 6.09. The number of halogens is 1. The van der Waals surface area contributed by atoms with Crippen LogP contribution in [0.15, 0.2) is 63.9 Å². The van der Waals surface area contributed by atoms with Gasteiger partial charge in [0.25, 0.3) is 5.91 Å². The summed E-state index contributed by atoms with van der Waals surface area (Å²) in [4.78, 5) is 12.8. The quantitative estimate of drug-likeness (QED) is 0.541. The number of hydrogen-bond acceptors (Lipinski definition) is 4. The van der Waals surface area contributed by atoms with E-state index in [1.807, 2.05) is 12.1 Å². The van der Waals surface area contributed by atoms with Crippen LogP contribution in [-0.4, -0.2) is 31.7 Å². The van der Waals surface area contributed by atoms with E-state index in [9.17, 15) is 13.2 Å². The second-order valence-electron chi connectivity index (χ2n) is 6.66. The molecule has 3 aromatic rings. The Balaban J connectivity index is 1.87. The highest BCUT2D eigenvalue weighted by molar-refractivity contribution is 7.89. The normalized spacial score (nSPS) is 11.6. The van der Waals surface area contributed by atoms with Crippen LogP contribution in [0.5, 0.6) is 0 Å². The van der Waals surface area contributed by atoms with Crippen molar-refractivity contribution in [2.24, 2.45) is 0 Å². The van der Waals surface area contributed by atoms with E-state index in [4.69, 9.17) is 16.0 Å². The number of furan rings is 1. The molecule has 0 aliphatic carbocycles. The smallest absolute Gasteiger partial charge is 0.291 e. The highest BCUT2D eigenvalue weighted by Gasteiger charge is 2.23. The highest BCUT2D eigenvalue weighted by Crippen LogP contribution is 2.30. The summed E-state index contributed by atoms with van der Waals surface area (Å²) in [5.74, 6) is 0.0930. The van der Waals surface area contributed by atoms with Crippen molar-refractivity contribution in [1.29, 1.82) is 0 Å². The predicted molar refractivity (Wildman–Crippen MR) is 118 cm³/mol. The Kier molecular flexibility index (Phi) is 6.65. The Labute approximate surface area is 181 Å². The molecule has 6 nitrogen and oxygen atoms in total. The Morgan fingerprint density at radius 3 is 2.43 bits per heavy atom. The van der Waals surface area contributed by atoms with Gasteiger partial charge in [-0.05, 0) is 48.9 Å². The third-order valence-electron chi connectivity index (χ3n) is 4.77. The fraction of sp³-hybridized carbons (Fsp3) is 0.227. The van der Waals surface area contributed by atoms with Gasteiger partial charge < -0.3 is 9.73 Å². The van der Waals surface area contributed by atoms with E-state index >= 15 is 0 Å². The van der Waals surface area contributed by atoms with Gasteiger partial charge in [0.15, 0.2) is 5.76 Å². The average molecular weight is 447 g/mol. The Morgan fingerprint density at radius 1 is 1.07 bits per heavy atom. The molecule has 2 aromatic carbocycles. The maximum Gasteiger partial charge on any atom is 0.291 e. The molecule has 1 aromatic heterocycles. The van der Waals surface area contributed by atoms with E-state index in [1.165, 1.54) is 10.4 Å². The number of carbonyl (C=O) groups is 1. The molecule has 0 saturated carbocycles.